The molecule has 1 aromatic carbocycles. The van der Waals surface area contributed by atoms with Gasteiger partial charge in [0.05, 0.1) is 5.69 Å². The Morgan fingerprint density at radius 3 is 2.12 bits per heavy atom. The summed E-state index contributed by atoms with van der Waals surface area (Å²) < 4.78 is 25.3. The van der Waals surface area contributed by atoms with Gasteiger partial charge < -0.3 is 5.11 Å². The van der Waals surface area contributed by atoms with Crippen molar-refractivity contribution in [2.24, 2.45) is 0 Å². The van der Waals surface area contributed by atoms with Gasteiger partial charge in [-0.1, -0.05) is 17.7 Å². The third-order valence-electron chi connectivity index (χ3n) is 2.25. The number of nitrogens with one attached hydrogen (secondary N) is 1. The van der Waals surface area contributed by atoms with E-state index in [1.807, 2.05) is 19.1 Å². The van der Waals surface area contributed by atoms with Crippen molar-refractivity contribution in [3.05, 3.63) is 28.8 Å². The summed E-state index contributed by atoms with van der Waals surface area (Å²) in [5, 5.41) is 8.49. The molecule has 94 valence electrons. The van der Waals surface area contributed by atoms with Gasteiger partial charge in [0, 0.05) is 0 Å². The number of sulfonamides is 1. The molecular weight excluding hydrogens is 242 g/mol. The van der Waals surface area contributed by atoms with E-state index in [0.717, 1.165) is 16.7 Å². The lowest BCUT2D eigenvalue weighted by Gasteiger charge is -2.13. The van der Waals surface area contributed by atoms with Crippen molar-refractivity contribution in [1.29, 1.82) is 0 Å². The minimum Gasteiger partial charge on any atom is -0.480 e. The van der Waals surface area contributed by atoms with Crippen LogP contribution in [-0.2, 0) is 14.8 Å². The number of hydrogen-bond acceptors (Lipinski definition) is 3. The predicted molar refractivity (Wildman–Crippen MR) is 65.7 cm³/mol. The Morgan fingerprint density at radius 2 is 1.71 bits per heavy atom. The quantitative estimate of drug-likeness (QED) is 0.854. The number of benzene rings is 1. The number of carboxylic acid groups (broad SMARTS) is 1. The average Bonchev–Trinajstić information content (AvgIpc) is 2.09. The maximum Gasteiger partial charge on any atom is 0.320 e. The zero-order valence-corrected chi connectivity index (χ0v) is 10.8. The third-order valence-corrected chi connectivity index (χ3v) is 3.39. The van der Waals surface area contributed by atoms with Gasteiger partial charge in [0.25, 0.3) is 0 Å². The Bertz CT molecular complexity index is 526. The van der Waals surface area contributed by atoms with Crippen molar-refractivity contribution in [2.45, 2.75) is 20.8 Å². The molecule has 0 radical (unpaired) electrons. The molecule has 0 aromatic heterocycles. The van der Waals surface area contributed by atoms with Crippen molar-refractivity contribution in [2.75, 3.05) is 10.5 Å². The second-order valence-corrected chi connectivity index (χ2v) is 5.75. The van der Waals surface area contributed by atoms with Gasteiger partial charge >= 0.3 is 5.97 Å². The molecule has 0 unspecified atom stereocenters. The molecule has 0 bridgehead atoms. The monoisotopic (exact) mass is 257 g/mol. The lowest BCUT2D eigenvalue weighted by Crippen LogP contribution is -2.23. The molecule has 0 amide bonds. The van der Waals surface area contributed by atoms with Crippen LogP contribution < -0.4 is 4.72 Å². The molecule has 0 spiro atoms. The largest absolute Gasteiger partial charge is 0.480 e. The van der Waals surface area contributed by atoms with Crippen LogP contribution in [-0.4, -0.2) is 25.2 Å². The Labute approximate surface area is 101 Å². The lowest BCUT2D eigenvalue weighted by atomic mass is 10.1. The first-order valence-corrected chi connectivity index (χ1v) is 6.66. The van der Waals surface area contributed by atoms with Crippen LogP contribution in [0.2, 0.25) is 0 Å². The van der Waals surface area contributed by atoms with Gasteiger partial charge in [-0.25, -0.2) is 8.42 Å². The molecular formula is C11H15NO4S. The molecule has 0 atom stereocenters. The highest BCUT2D eigenvalue weighted by molar-refractivity contribution is 7.93. The highest BCUT2D eigenvalue weighted by Gasteiger charge is 2.17. The summed E-state index contributed by atoms with van der Waals surface area (Å²) in [5.41, 5.74) is 3.03. The van der Waals surface area contributed by atoms with Gasteiger partial charge in [0.2, 0.25) is 10.0 Å². The summed E-state index contributed by atoms with van der Waals surface area (Å²) in [5.74, 6) is -2.31. The van der Waals surface area contributed by atoms with Crippen LogP contribution in [0.5, 0.6) is 0 Å². The van der Waals surface area contributed by atoms with E-state index < -0.39 is 21.7 Å². The SMILES string of the molecule is Cc1cc(C)c(NS(=O)(=O)CC(=O)O)c(C)c1. The minimum absolute atomic E-state index is 0.455. The first kappa shape index (κ1) is 13.5. The second kappa shape index (κ2) is 4.75. The second-order valence-electron chi connectivity index (χ2n) is 4.03. The first-order valence-electron chi connectivity index (χ1n) is 5.01. The molecule has 2 N–H and O–H groups in total. The van der Waals surface area contributed by atoms with Crippen molar-refractivity contribution in [1.82, 2.24) is 0 Å². The van der Waals surface area contributed by atoms with Crippen LogP contribution in [0.3, 0.4) is 0 Å². The molecule has 0 saturated heterocycles. The third kappa shape index (κ3) is 3.74. The van der Waals surface area contributed by atoms with Crippen LogP contribution in [0.15, 0.2) is 12.1 Å². The Hall–Kier alpha value is -1.56. The number of carbonyl (C=O) groups is 1. The van der Waals surface area contributed by atoms with E-state index in [4.69, 9.17) is 5.11 Å². The highest BCUT2D eigenvalue weighted by atomic mass is 32.2. The summed E-state index contributed by atoms with van der Waals surface area (Å²) in [6, 6.07) is 3.68. The Balaban J connectivity index is 3.08. The van der Waals surface area contributed by atoms with Crippen molar-refractivity contribution in [3.8, 4) is 0 Å². The van der Waals surface area contributed by atoms with Gasteiger partial charge in [-0.3, -0.25) is 9.52 Å². The van der Waals surface area contributed by atoms with E-state index in [9.17, 15) is 13.2 Å². The van der Waals surface area contributed by atoms with Gasteiger partial charge in [-0.05, 0) is 31.9 Å². The standard InChI is InChI=1S/C11H15NO4S/c1-7-4-8(2)11(9(3)5-7)12-17(15,16)6-10(13)14/h4-5,12H,6H2,1-3H3,(H,13,14). The van der Waals surface area contributed by atoms with E-state index in [0.29, 0.717) is 5.69 Å². The molecule has 0 saturated carbocycles. The molecule has 6 heteroatoms. The molecule has 1 aromatic rings. The topological polar surface area (TPSA) is 83.5 Å². The van der Waals surface area contributed by atoms with Gasteiger partial charge in [0.1, 0.15) is 0 Å². The zero-order chi connectivity index (χ0) is 13.2. The van der Waals surface area contributed by atoms with E-state index in [1.54, 1.807) is 13.8 Å². The van der Waals surface area contributed by atoms with E-state index >= 15 is 0 Å². The fourth-order valence-corrected chi connectivity index (χ4v) is 2.73. The maximum atomic E-state index is 11.5. The summed E-state index contributed by atoms with van der Waals surface area (Å²) in [4.78, 5) is 10.4. The molecule has 0 fully saturated rings. The Kier molecular flexibility index (Phi) is 3.77. The van der Waals surface area contributed by atoms with Gasteiger partial charge in [-0.2, -0.15) is 0 Å². The fourth-order valence-electron chi connectivity index (χ4n) is 1.70. The molecule has 0 aliphatic heterocycles. The van der Waals surface area contributed by atoms with E-state index in [1.165, 1.54) is 0 Å². The molecule has 5 nitrogen and oxygen atoms in total. The number of aliphatic carboxylic acids is 1. The minimum atomic E-state index is -3.84. The van der Waals surface area contributed by atoms with Crippen molar-refractivity contribution >= 4 is 21.7 Å². The molecule has 0 aliphatic rings. The highest BCUT2D eigenvalue weighted by Crippen LogP contribution is 2.22. The maximum absolute atomic E-state index is 11.5. The summed E-state index contributed by atoms with van der Waals surface area (Å²) in [6.07, 6.45) is 0. The summed E-state index contributed by atoms with van der Waals surface area (Å²) in [7, 11) is -3.84. The normalized spacial score (nSPS) is 11.2. The van der Waals surface area contributed by atoms with Crippen LogP contribution in [0.1, 0.15) is 16.7 Å². The smallest absolute Gasteiger partial charge is 0.320 e. The number of rotatable bonds is 4. The van der Waals surface area contributed by atoms with Crippen LogP contribution >= 0.6 is 0 Å². The lowest BCUT2D eigenvalue weighted by molar-refractivity contribution is -0.134. The molecule has 0 heterocycles. The van der Waals surface area contributed by atoms with Crippen molar-refractivity contribution in [3.63, 3.8) is 0 Å². The zero-order valence-electron chi connectivity index (χ0n) is 9.94. The predicted octanol–water partition coefficient (Wildman–Crippen LogP) is 1.44. The van der Waals surface area contributed by atoms with Gasteiger partial charge in [-0.15, -0.1) is 0 Å². The van der Waals surface area contributed by atoms with Crippen LogP contribution in [0.4, 0.5) is 5.69 Å². The van der Waals surface area contributed by atoms with Crippen LogP contribution in [0.25, 0.3) is 0 Å². The first-order chi connectivity index (χ1) is 7.71. The number of carboxylic acids is 1. The molecule has 1 rings (SSSR count). The van der Waals surface area contributed by atoms with E-state index in [2.05, 4.69) is 4.72 Å². The summed E-state index contributed by atoms with van der Waals surface area (Å²) in [6.45, 7) is 5.47. The number of aryl methyl sites for hydroxylation is 3. The number of anilines is 1. The van der Waals surface area contributed by atoms with Crippen LogP contribution in [0, 0.1) is 20.8 Å². The average molecular weight is 257 g/mol. The van der Waals surface area contributed by atoms with Crippen molar-refractivity contribution < 1.29 is 18.3 Å². The van der Waals surface area contributed by atoms with Gasteiger partial charge in [0.15, 0.2) is 5.75 Å². The molecule has 17 heavy (non-hydrogen) atoms. The molecule has 0 aliphatic carbocycles. The number of hydrogen-bond donors (Lipinski definition) is 2. The summed E-state index contributed by atoms with van der Waals surface area (Å²) >= 11 is 0. The van der Waals surface area contributed by atoms with E-state index in [-0.39, 0.29) is 0 Å². The fraction of sp³-hybridized carbons (Fsp3) is 0.364. The Morgan fingerprint density at radius 1 is 1.24 bits per heavy atom.